The normalized spacial score (nSPS) is 10.7. The van der Waals surface area contributed by atoms with Crippen LogP contribution in [0.2, 0.25) is 0 Å². The van der Waals surface area contributed by atoms with Crippen molar-refractivity contribution in [1.29, 1.82) is 5.26 Å². The molecule has 2 nitrogen and oxygen atoms in total. The third-order valence-corrected chi connectivity index (χ3v) is 3.38. The van der Waals surface area contributed by atoms with Gasteiger partial charge < -0.3 is 5.73 Å². The standard InChI is InChI=1S/C16H12N2/c1-10-8-12-7-6-11-4-2-3-5-13(11)15(12)16(18)14(10)9-17/h2-8H,18H2,1H3. The van der Waals surface area contributed by atoms with E-state index in [4.69, 9.17) is 5.73 Å². The van der Waals surface area contributed by atoms with Gasteiger partial charge in [-0.3, -0.25) is 0 Å². The molecule has 0 aliphatic rings. The number of rotatable bonds is 0. The lowest BCUT2D eigenvalue weighted by molar-refractivity contribution is 1.42. The number of fused-ring (bicyclic) bond motifs is 3. The number of hydrogen-bond acceptors (Lipinski definition) is 2. The van der Waals surface area contributed by atoms with Gasteiger partial charge >= 0.3 is 0 Å². The summed E-state index contributed by atoms with van der Waals surface area (Å²) in [5.74, 6) is 0. The highest BCUT2D eigenvalue weighted by molar-refractivity contribution is 6.14. The van der Waals surface area contributed by atoms with Crippen LogP contribution < -0.4 is 5.73 Å². The van der Waals surface area contributed by atoms with Crippen molar-refractivity contribution in [3.05, 3.63) is 53.6 Å². The topological polar surface area (TPSA) is 49.8 Å². The second-order valence-electron chi connectivity index (χ2n) is 4.48. The summed E-state index contributed by atoms with van der Waals surface area (Å²) in [7, 11) is 0. The molecule has 0 radical (unpaired) electrons. The van der Waals surface area contributed by atoms with E-state index in [1.54, 1.807) is 0 Å². The van der Waals surface area contributed by atoms with Gasteiger partial charge in [-0.05, 0) is 34.7 Å². The maximum absolute atomic E-state index is 9.20. The van der Waals surface area contributed by atoms with E-state index in [9.17, 15) is 5.26 Å². The number of anilines is 1. The predicted octanol–water partition coefficient (Wildman–Crippen LogP) is 3.76. The number of nitrogens with two attached hydrogens (primary N) is 1. The number of hydrogen-bond donors (Lipinski definition) is 1. The Hall–Kier alpha value is -2.53. The number of nitriles is 1. The molecular formula is C16H12N2. The van der Waals surface area contributed by atoms with E-state index < -0.39 is 0 Å². The Bertz CT molecular complexity index is 811. The van der Waals surface area contributed by atoms with Crippen LogP contribution in [0, 0.1) is 18.3 Å². The molecule has 0 saturated heterocycles. The van der Waals surface area contributed by atoms with Crippen LogP contribution in [0.5, 0.6) is 0 Å². The highest BCUT2D eigenvalue weighted by Gasteiger charge is 2.10. The minimum absolute atomic E-state index is 0.582. The lowest BCUT2D eigenvalue weighted by atomic mass is 9.95. The maximum atomic E-state index is 9.20. The van der Waals surface area contributed by atoms with Crippen molar-refractivity contribution in [1.82, 2.24) is 0 Å². The molecule has 3 rings (SSSR count). The third kappa shape index (κ3) is 1.34. The van der Waals surface area contributed by atoms with Gasteiger partial charge in [0, 0.05) is 5.39 Å². The lowest BCUT2D eigenvalue weighted by Crippen LogP contribution is -1.96. The number of nitrogen functional groups attached to an aromatic ring is 1. The van der Waals surface area contributed by atoms with Crippen LogP contribution >= 0.6 is 0 Å². The van der Waals surface area contributed by atoms with E-state index in [-0.39, 0.29) is 0 Å². The third-order valence-electron chi connectivity index (χ3n) is 3.38. The molecule has 18 heavy (non-hydrogen) atoms. The Kier molecular flexibility index (Phi) is 2.21. The van der Waals surface area contributed by atoms with Crippen molar-refractivity contribution < 1.29 is 0 Å². The first kappa shape index (κ1) is 10.6. The summed E-state index contributed by atoms with van der Waals surface area (Å²) in [5, 5.41) is 13.5. The summed E-state index contributed by atoms with van der Waals surface area (Å²) in [5.41, 5.74) is 8.27. The van der Waals surface area contributed by atoms with Gasteiger partial charge in [0.25, 0.3) is 0 Å². The van der Waals surface area contributed by atoms with Crippen LogP contribution in [0.15, 0.2) is 42.5 Å². The summed E-state index contributed by atoms with van der Waals surface area (Å²) in [6, 6.07) is 16.5. The Balaban J connectivity index is 2.62. The molecule has 2 heteroatoms. The minimum atomic E-state index is 0.582. The molecular weight excluding hydrogens is 220 g/mol. The van der Waals surface area contributed by atoms with E-state index in [1.807, 2.05) is 31.2 Å². The molecule has 3 aromatic rings. The van der Waals surface area contributed by atoms with E-state index in [0.717, 1.165) is 27.1 Å². The van der Waals surface area contributed by atoms with Crippen molar-refractivity contribution in [3.8, 4) is 6.07 Å². The van der Waals surface area contributed by atoms with E-state index >= 15 is 0 Å². The molecule has 0 aromatic heterocycles. The molecule has 2 N–H and O–H groups in total. The van der Waals surface area contributed by atoms with Gasteiger partial charge in [0.05, 0.1) is 11.3 Å². The smallest absolute Gasteiger partial charge is 0.102 e. The van der Waals surface area contributed by atoms with Gasteiger partial charge in [-0.15, -0.1) is 0 Å². The van der Waals surface area contributed by atoms with Gasteiger partial charge in [0.2, 0.25) is 0 Å². The molecule has 0 unspecified atom stereocenters. The largest absolute Gasteiger partial charge is 0.397 e. The second kappa shape index (κ2) is 3.75. The molecule has 0 bridgehead atoms. The zero-order valence-electron chi connectivity index (χ0n) is 10.1. The average molecular weight is 232 g/mol. The summed E-state index contributed by atoms with van der Waals surface area (Å²) in [4.78, 5) is 0. The zero-order valence-corrected chi connectivity index (χ0v) is 10.1. The minimum Gasteiger partial charge on any atom is -0.397 e. The van der Waals surface area contributed by atoms with Crippen LogP contribution in [0.4, 0.5) is 5.69 Å². The van der Waals surface area contributed by atoms with Crippen molar-refractivity contribution in [3.63, 3.8) is 0 Å². The van der Waals surface area contributed by atoms with Gasteiger partial charge in [0.15, 0.2) is 0 Å². The van der Waals surface area contributed by atoms with Gasteiger partial charge in [-0.25, -0.2) is 0 Å². The van der Waals surface area contributed by atoms with Crippen LogP contribution in [0.3, 0.4) is 0 Å². The van der Waals surface area contributed by atoms with Gasteiger partial charge in [0.1, 0.15) is 6.07 Å². The Morgan fingerprint density at radius 3 is 2.56 bits per heavy atom. The SMILES string of the molecule is Cc1cc2ccc3ccccc3c2c(N)c1C#N. The highest BCUT2D eigenvalue weighted by Crippen LogP contribution is 2.33. The fourth-order valence-electron chi connectivity index (χ4n) is 2.50. The molecule has 0 amide bonds. The summed E-state index contributed by atoms with van der Waals surface area (Å²) in [6.07, 6.45) is 0. The number of aryl methyl sites for hydroxylation is 1. The lowest BCUT2D eigenvalue weighted by Gasteiger charge is -2.10. The zero-order chi connectivity index (χ0) is 12.7. The second-order valence-corrected chi connectivity index (χ2v) is 4.48. The van der Waals surface area contributed by atoms with Crippen molar-refractivity contribution in [2.75, 3.05) is 5.73 Å². The summed E-state index contributed by atoms with van der Waals surface area (Å²) >= 11 is 0. The highest BCUT2D eigenvalue weighted by atomic mass is 14.6. The maximum Gasteiger partial charge on any atom is 0.102 e. The molecule has 0 aliphatic carbocycles. The number of benzene rings is 3. The van der Waals surface area contributed by atoms with E-state index in [2.05, 4.69) is 24.3 Å². The Morgan fingerprint density at radius 1 is 1.06 bits per heavy atom. The van der Waals surface area contributed by atoms with Crippen LogP contribution in [-0.2, 0) is 0 Å². The first-order valence-electron chi connectivity index (χ1n) is 5.83. The first-order chi connectivity index (χ1) is 8.72. The molecule has 0 aliphatic heterocycles. The quantitative estimate of drug-likeness (QED) is 0.474. The van der Waals surface area contributed by atoms with Crippen LogP contribution in [0.25, 0.3) is 21.5 Å². The summed E-state index contributed by atoms with van der Waals surface area (Å²) < 4.78 is 0. The van der Waals surface area contributed by atoms with Gasteiger partial charge in [-0.2, -0.15) is 5.26 Å². The Labute approximate surface area is 105 Å². The summed E-state index contributed by atoms with van der Waals surface area (Å²) in [6.45, 7) is 1.92. The molecule has 3 aromatic carbocycles. The molecule has 0 spiro atoms. The fraction of sp³-hybridized carbons (Fsp3) is 0.0625. The number of nitrogens with zero attached hydrogens (tertiary/aromatic N) is 1. The predicted molar refractivity (Wildman–Crippen MR) is 75.3 cm³/mol. The van der Waals surface area contributed by atoms with Crippen LogP contribution in [-0.4, -0.2) is 0 Å². The molecule has 86 valence electrons. The van der Waals surface area contributed by atoms with Gasteiger partial charge in [-0.1, -0.05) is 36.4 Å². The molecule has 0 saturated carbocycles. The van der Waals surface area contributed by atoms with Crippen LogP contribution in [0.1, 0.15) is 11.1 Å². The van der Waals surface area contributed by atoms with E-state index in [1.165, 1.54) is 0 Å². The first-order valence-corrected chi connectivity index (χ1v) is 5.83. The molecule has 0 heterocycles. The monoisotopic (exact) mass is 232 g/mol. The Morgan fingerprint density at radius 2 is 1.78 bits per heavy atom. The van der Waals surface area contributed by atoms with Crippen molar-refractivity contribution in [2.45, 2.75) is 6.92 Å². The fourth-order valence-corrected chi connectivity index (χ4v) is 2.50. The van der Waals surface area contributed by atoms with Crippen molar-refractivity contribution >= 4 is 27.2 Å². The average Bonchev–Trinajstić information content (AvgIpc) is 2.38. The van der Waals surface area contributed by atoms with Crippen molar-refractivity contribution in [2.24, 2.45) is 0 Å². The molecule has 0 fully saturated rings. The van der Waals surface area contributed by atoms with E-state index in [0.29, 0.717) is 11.3 Å². The molecule has 0 atom stereocenters.